The van der Waals surface area contributed by atoms with Crippen LogP contribution in [-0.2, 0) is 20.5 Å². The van der Waals surface area contributed by atoms with E-state index in [0.717, 1.165) is 30.6 Å². The second-order valence-electron chi connectivity index (χ2n) is 7.54. The SMILES string of the molecule is CCCCCOCOc1ccc(NC(=O)C2CC=C(NS(=O)C(C)C)CC2)cc1. The van der Waals surface area contributed by atoms with E-state index in [0.29, 0.717) is 18.8 Å². The number of ether oxygens (including phenoxy) is 2. The number of unbranched alkanes of at least 4 members (excludes halogenated alkanes) is 2. The minimum atomic E-state index is -1.07. The van der Waals surface area contributed by atoms with Crippen LogP contribution < -0.4 is 14.8 Å². The Balaban J connectivity index is 1.72. The van der Waals surface area contributed by atoms with E-state index in [1.165, 1.54) is 12.8 Å². The molecule has 162 valence electrons. The van der Waals surface area contributed by atoms with E-state index >= 15 is 0 Å². The zero-order valence-electron chi connectivity index (χ0n) is 17.7. The minimum Gasteiger partial charge on any atom is -0.468 e. The molecule has 29 heavy (non-hydrogen) atoms. The summed E-state index contributed by atoms with van der Waals surface area (Å²) >= 11 is 0. The van der Waals surface area contributed by atoms with E-state index < -0.39 is 11.0 Å². The maximum absolute atomic E-state index is 12.5. The number of anilines is 1. The van der Waals surface area contributed by atoms with Crippen LogP contribution in [0.4, 0.5) is 5.69 Å². The first-order valence-electron chi connectivity index (χ1n) is 10.5. The number of carbonyl (C=O) groups is 1. The van der Waals surface area contributed by atoms with E-state index in [4.69, 9.17) is 9.47 Å². The first-order chi connectivity index (χ1) is 14.0. The van der Waals surface area contributed by atoms with Crippen LogP contribution in [0.15, 0.2) is 36.0 Å². The molecule has 0 fully saturated rings. The van der Waals surface area contributed by atoms with Crippen molar-refractivity contribution in [1.29, 1.82) is 0 Å². The minimum absolute atomic E-state index is 0.0122. The summed E-state index contributed by atoms with van der Waals surface area (Å²) in [5.74, 6) is 0.659. The monoisotopic (exact) mass is 422 g/mol. The molecule has 0 aliphatic heterocycles. The van der Waals surface area contributed by atoms with Crippen molar-refractivity contribution < 1.29 is 18.5 Å². The van der Waals surface area contributed by atoms with E-state index in [-0.39, 0.29) is 23.9 Å². The van der Waals surface area contributed by atoms with Crippen LogP contribution in [0.3, 0.4) is 0 Å². The van der Waals surface area contributed by atoms with Crippen molar-refractivity contribution in [3.63, 3.8) is 0 Å². The van der Waals surface area contributed by atoms with Gasteiger partial charge in [-0.2, -0.15) is 0 Å². The Morgan fingerprint density at radius 1 is 1.24 bits per heavy atom. The molecule has 0 aromatic heterocycles. The Morgan fingerprint density at radius 2 is 2.00 bits per heavy atom. The highest BCUT2D eigenvalue weighted by molar-refractivity contribution is 7.83. The number of nitrogens with one attached hydrogen (secondary N) is 2. The van der Waals surface area contributed by atoms with Crippen molar-refractivity contribution in [2.24, 2.45) is 5.92 Å². The van der Waals surface area contributed by atoms with Gasteiger partial charge in [0.2, 0.25) is 5.91 Å². The molecule has 2 N–H and O–H groups in total. The summed E-state index contributed by atoms with van der Waals surface area (Å²) in [5.41, 5.74) is 1.72. The van der Waals surface area contributed by atoms with Gasteiger partial charge in [0.05, 0.1) is 6.61 Å². The molecule has 6 nitrogen and oxygen atoms in total. The predicted octanol–water partition coefficient (Wildman–Crippen LogP) is 4.51. The second kappa shape index (κ2) is 12.6. The molecule has 0 bridgehead atoms. The Labute approximate surface area is 177 Å². The third-order valence-corrected chi connectivity index (χ3v) is 6.08. The molecule has 1 amide bonds. The Kier molecular flexibility index (Phi) is 10.2. The molecule has 0 radical (unpaired) electrons. The molecule has 0 saturated heterocycles. The van der Waals surface area contributed by atoms with Gasteiger partial charge in [0, 0.05) is 22.6 Å². The average molecular weight is 423 g/mol. The Bertz CT molecular complexity index is 689. The van der Waals surface area contributed by atoms with Crippen LogP contribution in [-0.4, -0.2) is 28.8 Å². The van der Waals surface area contributed by atoms with Crippen LogP contribution in [0.5, 0.6) is 5.75 Å². The molecule has 7 heteroatoms. The summed E-state index contributed by atoms with van der Waals surface area (Å²) in [5, 5.41) is 3.03. The van der Waals surface area contributed by atoms with Gasteiger partial charge in [-0.25, -0.2) is 4.21 Å². The van der Waals surface area contributed by atoms with Crippen LogP contribution >= 0.6 is 0 Å². The summed E-state index contributed by atoms with van der Waals surface area (Å²) in [6.07, 6.45) is 7.52. The number of rotatable bonds is 12. The maximum Gasteiger partial charge on any atom is 0.227 e. The van der Waals surface area contributed by atoms with Crippen LogP contribution in [0.25, 0.3) is 0 Å². The summed E-state index contributed by atoms with van der Waals surface area (Å²) in [6.45, 7) is 6.94. The number of carbonyl (C=O) groups excluding carboxylic acids is 1. The van der Waals surface area contributed by atoms with E-state index in [1.54, 1.807) is 0 Å². The first-order valence-corrected chi connectivity index (χ1v) is 11.7. The molecule has 1 aliphatic carbocycles. The maximum atomic E-state index is 12.5. The van der Waals surface area contributed by atoms with Crippen LogP contribution in [0.2, 0.25) is 0 Å². The molecule has 0 heterocycles. The van der Waals surface area contributed by atoms with Gasteiger partial charge in [-0.3, -0.25) is 4.79 Å². The van der Waals surface area contributed by atoms with E-state index in [1.807, 2.05) is 44.2 Å². The average Bonchev–Trinajstić information content (AvgIpc) is 2.72. The molecule has 1 aromatic carbocycles. The molecule has 0 spiro atoms. The lowest BCUT2D eigenvalue weighted by Gasteiger charge is -2.22. The number of hydrogen-bond donors (Lipinski definition) is 2. The van der Waals surface area contributed by atoms with Crippen molar-refractivity contribution in [2.45, 2.75) is 64.5 Å². The summed E-state index contributed by atoms with van der Waals surface area (Å²) in [7, 11) is -1.07. The molecule has 1 aliphatic rings. The van der Waals surface area contributed by atoms with Gasteiger partial charge >= 0.3 is 0 Å². The highest BCUT2D eigenvalue weighted by atomic mass is 32.2. The predicted molar refractivity (Wildman–Crippen MR) is 118 cm³/mol. The molecular formula is C22H34N2O4S. The molecule has 2 atom stereocenters. The van der Waals surface area contributed by atoms with Crippen LogP contribution in [0.1, 0.15) is 59.3 Å². The zero-order valence-corrected chi connectivity index (χ0v) is 18.6. The zero-order chi connectivity index (χ0) is 21.1. The van der Waals surface area contributed by atoms with E-state index in [2.05, 4.69) is 17.0 Å². The van der Waals surface area contributed by atoms with Crippen LogP contribution in [0, 0.1) is 5.92 Å². The fourth-order valence-electron chi connectivity index (χ4n) is 2.91. The molecule has 1 aromatic rings. The molecule has 2 unspecified atom stereocenters. The van der Waals surface area contributed by atoms with Gasteiger partial charge < -0.3 is 19.5 Å². The lowest BCUT2D eigenvalue weighted by molar-refractivity contribution is -0.120. The van der Waals surface area contributed by atoms with Gasteiger partial charge in [0.15, 0.2) is 6.79 Å². The molecule has 2 rings (SSSR count). The largest absolute Gasteiger partial charge is 0.468 e. The third kappa shape index (κ3) is 8.58. The number of amides is 1. The second-order valence-corrected chi connectivity index (χ2v) is 9.28. The lowest BCUT2D eigenvalue weighted by atomic mass is 9.92. The van der Waals surface area contributed by atoms with Crippen molar-refractivity contribution in [3.05, 3.63) is 36.0 Å². The van der Waals surface area contributed by atoms with Crippen molar-refractivity contribution in [3.8, 4) is 5.75 Å². The third-order valence-electron chi connectivity index (χ3n) is 4.76. The summed E-state index contributed by atoms with van der Waals surface area (Å²) in [6, 6.07) is 7.33. The molecular weight excluding hydrogens is 388 g/mol. The first kappa shape index (κ1) is 23.4. The smallest absolute Gasteiger partial charge is 0.227 e. The van der Waals surface area contributed by atoms with Crippen molar-refractivity contribution in [2.75, 3.05) is 18.7 Å². The lowest BCUT2D eigenvalue weighted by Crippen LogP contribution is -2.29. The van der Waals surface area contributed by atoms with Crippen molar-refractivity contribution in [1.82, 2.24) is 4.72 Å². The number of hydrogen-bond acceptors (Lipinski definition) is 4. The van der Waals surface area contributed by atoms with Gasteiger partial charge in [-0.15, -0.1) is 0 Å². The van der Waals surface area contributed by atoms with Crippen molar-refractivity contribution >= 4 is 22.6 Å². The fraction of sp³-hybridized carbons (Fsp3) is 0.591. The van der Waals surface area contributed by atoms with Gasteiger partial charge in [0.25, 0.3) is 0 Å². The summed E-state index contributed by atoms with van der Waals surface area (Å²) < 4.78 is 25.9. The normalized spacial score (nSPS) is 17.5. The highest BCUT2D eigenvalue weighted by Gasteiger charge is 2.22. The standard InChI is InChI=1S/C22H34N2O4S/c1-4-5-6-15-27-16-28-21-13-11-19(12-14-21)23-22(25)18-7-9-20(10-8-18)24-29(26)17(2)3/h9,11-14,17-18,24H,4-8,10,15-16H2,1-3H3,(H,23,25). The number of allylic oxidation sites excluding steroid dienone is 2. The van der Waals surface area contributed by atoms with Gasteiger partial charge in [-0.1, -0.05) is 25.8 Å². The van der Waals surface area contributed by atoms with E-state index in [9.17, 15) is 9.00 Å². The quantitative estimate of drug-likeness (QED) is 0.384. The topological polar surface area (TPSA) is 76.7 Å². The number of benzene rings is 1. The summed E-state index contributed by atoms with van der Waals surface area (Å²) in [4.78, 5) is 12.5. The molecule has 0 saturated carbocycles. The Hall–Kier alpha value is -1.86. The Morgan fingerprint density at radius 3 is 2.62 bits per heavy atom. The van der Waals surface area contributed by atoms with Gasteiger partial charge in [-0.05, 0) is 63.8 Å². The highest BCUT2D eigenvalue weighted by Crippen LogP contribution is 2.24. The fourth-order valence-corrected chi connectivity index (χ4v) is 3.59. The van der Waals surface area contributed by atoms with Gasteiger partial charge in [0.1, 0.15) is 16.7 Å².